The highest BCUT2D eigenvalue weighted by Gasteiger charge is 2.32. The Labute approximate surface area is 149 Å². The average molecular weight is 346 g/mol. The number of likely N-dealkylation sites (tertiary alicyclic amines) is 1. The van der Waals surface area contributed by atoms with Crippen LogP contribution >= 0.6 is 0 Å². The molecule has 0 unspecified atom stereocenters. The molecular formula is C19H30N4O2. The van der Waals surface area contributed by atoms with Gasteiger partial charge < -0.3 is 10.6 Å². The number of hydrogen-bond acceptors (Lipinski definition) is 3. The van der Waals surface area contributed by atoms with Crippen LogP contribution in [0, 0.1) is 17.8 Å². The van der Waals surface area contributed by atoms with Crippen LogP contribution < -0.4 is 5.73 Å². The Hall–Kier alpha value is -1.85. The largest absolute Gasteiger partial charge is 0.364 e. The summed E-state index contributed by atoms with van der Waals surface area (Å²) in [6.45, 7) is 6.16. The van der Waals surface area contributed by atoms with Crippen LogP contribution in [0.4, 0.5) is 0 Å². The summed E-state index contributed by atoms with van der Waals surface area (Å²) >= 11 is 0. The fourth-order valence-corrected chi connectivity index (χ4v) is 4.37. The number of aromatic nitrogens is 2. The minimum Gasteiger partial charge on any atom is -0.364 e. The smallest absolute Gasteiger partial charge is 0.269 e. The topological polar surface area (TPSA) is 92.1 Å². The molecule has 2 fully saturated rings. The predicted octanol–water partition coefficient (Wildman–Crippen LogP) is 2.68. The summed E-state index contributed by atoms with van der Waals surface area (Å²) < 4.78 is 0. The van der Waals surface area contributed by atoms with E-state index < -0.39 is 5.91 Å². The molecular weight excluding hydrogens is 316 g/mol. The van der Waals surface area contributed by atoms with Crippen molar-refractivity contribution in [2.75, 3.05) is 13.1 Å². The van der Waals surface area contributed by atoms with Gasteiger partial charge in [-0.15, -0.1) is 0 Å². The second-order valence-electron chi connectivity index (χ2n) is 8.03. The van der Waals surface area contributed by atoms with E-state index in [4.69, 9.17) is 5.73 Å². The highest BCUT2D eigenvalue weighted by Crippen LogP contribution is 2.35. The maximum absolute atomic E-state index is 12.8. The Morgan fingerprint density at radius 2 is 1.80 bits per heavy atom. The molecule has 0 spiro atoms. The third kappa shape index (κ3) is 4.05. The highest BCUT2D eigenvalue weighted by molar-refractivity contribution is 5.90. The lowest BCUT2D eigenvalue weighted by molar-refractivity contribution is -0.138. The van der Waals surface area contributed by atoms with Crippen LogP contribution in [0.2, 0.25) is 0 Å². The molecule has 6 nitrogen and oxygen atoms in total. The predicted molar refractivity (Wildman–Crippen MR) is 95.9 cm³/mol. The number of H-pyrrole nitrogens is 1. The molecule has 1 aromatic rings. The summed E-state index contributed by atoms with van der Waals surface area (Å²) in [5.74, 6) is 1.90. The summed E-state index contributed by atoms with van der Waals surface area (Å²) in [4.78, 5) is 26.0. The van der Waals surface area contributed by atoms with Gasteiger partial charge in [0.25, 0.3) is 5.91 Å². The first-order valence-electron chi connectivity index (χ1n) is 9.59. The first-order chi connectivity index (χ1) is 12.0. The fraction of sp³-hybridized carbons (Fsp3) is 0.737. The number of nitrogens with two attached hydrogens (primary N) is 1. The molecule has 2 amide bonds. The van der Waals surface area contributed by atoms with Crippen molar-refractivity contribution >= 4 is 11.8 Å². The van der Waals surface area contributed by atoms with Crippen LogP contribution in [0.3, 0.4) is 0 Å². The van der Waals surface area contributed by atoms with Crippen LogP contribution in [-0.4, -0.2) is 40.0 Å². The first-order valence-corrected chi connectivity index (χ1v) is 9.59. The summed E-state index contributed by atoms with van der Waals surface area (Å²) in [6.07, 6.45) is 6.29. The lowest BCUT2D eigenvalue weighted by Gasteiger charge is -2.36. The summed E-state index contributed by atoms with van der Waals surface area (Å²) in [5.41, 5.74) is 6.50. The molecule has 0 bridgehead atoms. The maximum Gasteiger partial charge on any atom is 0.269 e. The van der Waals surface area contributed by atoms with Crippen molar-refractivity contribution in [3.05, 3.63) is 17.5 Å². The minimum atomic E-state index is -0.507. The van der Waals surface area contributed by atoms with Crippen LogP contribution in [0.15, 0.2) is 6.07 Å². The number of primary amides is 1. The molecule has 138 valence electrons. The molecule has 1 saturated heterocycles. The average Bonchev–Trinajstić information content (AvgIpc) is 3.12. The lowest BCUT2D eigenvalue weighted by atomic mass is 9.76. The Kier molecular flexibility index (Phi) is 5.45. The van der Waals surface area contributed by atoms with E-state index in [1.54, 1.807) is 6.07 Å². The van der Waals surface area contributed by atoms with Crippen molar-refractivity contribution < 1.29 is 9.59 Å². The molecule has 6 heteroatoms. The van der Waals surface area contributed by atoms with E-state index in [0.717, 1.165) is 56.3 Å². The Balaban J connectivity index is 1.50. The molecule has 0 aromatic carbocycles. The number of aromatic amines is 1. The summed E-state index contributed by atoms with van der Waals surface area (Å²) in [7, 11) is 0. The zero-order valence-corrected chi connectivity index (χ0v) is 15.3. The molecule has 25 heavy (non-hydrogen) atoms. The van der Waals surface area contributed by atoms with Gasteiger partial charge in [0.15, 0.2) is 0 Å². The van der Waals surface area contributed by atoms with Crippen molar-refractivity contribution in [2.24, 2.45) is 23.5 Å². The molecule has 1 saturated carbocycles. The van der Waals surface area contributed by atoms with E-state index in [1.165, 1.54) is 12.8 Å². The van der Waals surface area contributed by atoms with E-state index in [9.17, 15) is 9.59 Å². The zero-order chi connectivity index (χ0) is 18.0. The van der Waals surface area contributed by atoms with Gasteiger partial charge in [-0.2, -0.15) is 5.10 Å². The third-order valence-corrected chi connectivity index (χ3v) is 6.16. The molecule has 1 aliphatic heterocycles. The van der Waals surface area contributed by atoms with E-state index in [-0.39, 0.29) is 11.6 Å². The second kappa shape index (κ2) is 7.58. The standard InChI is InChI=1S/C19H30N4O2/c1-12(2)13-3-5-15(6-4-13)19(25)23-9-7-14(8-10-23)16-11-17(18(20)24)22-21-16/h11-15H,3-10H2,1-2H3,(H2,20,24)(H,21,22). The monoisotopic (exact) mass is 346 g/mol. The molecule has 1 aliphatic carbocycles. The SMILES string of the molecule is CC(C)C1CCC(C(=O)N2CCC(c3cc(C(N)=O)n[nH]3)CC2)CC1. The molecule has 0 atom stereocenters. The van der Waals surface area contributed by atoms with Crippen LogP contribution in [0.5, 0.6) is 0 Å². The summed E-state index contributed by atoms with van der Waals surface area (Å²) in [6, 6.07) is 1.75. The number of carbonyl (C=O) groups excluding carboxylic acids is 2. The Bertz CT molecular complexity index is 609. The minimum absolute atomic E-state index is 0.222. The molecule has 3 N–H and O–H groups in total. The van der Waals surface area contributed by atoms with Crippen LogP contribution in [-0.2, 0) is 4.79 Å². The van der Waals surface area contributed by atoms with E-state index in [0.29, 0.717) is 11.8 Å². The first kappa shape index (κ1) is 18.0. The van der Waals surface area contributed by atoms with E-state index in [1.807, 2.05) is 4.90 Å². The second-order valence-corrected chi connectivity index (χ2v) is 8.03. The van der Waals surface area contributed by atoms with E-state index >= 15 is 0 Å². The lowest BCUT2D eigenvalue weighted by Crippen LogP contribution is -2.42. The van der Waals surface area contributed by atoms with Gasteiger partial charge in [0.2, 0.25) is 5.91 Å². The maximum atomic E-state index is 12.8. The van der Waals surface area contributed by atoms with Gasteiger partial charge >= 0.3 is 0 Å². The van der Waals surface area contributed by atoms with Crippen molar-refractivity contribution in [2.45, 2.75) is 58.3 Å². The van der Waals surface area contributed by atoms with Gasteiger partial charge in [-0.25, -0.2) is 0 Å². The fourth-order valence-electron chi connectivity index (χ4n) is 4.37. The van der Waals surface area contributed by atoms with Gasteiger partial charge in [0.05, 0.1) is 0 Å². The molecule has 2 heterocycles. The number of hydrogen-bond donors (Lipinski definition) is 2. The molecule has 0 radical (unpaired) electrons. The van der Waals surface area contributed by atoms with Crippen molar-refractivity contribution in [1.82, 2.24) is 15.1 Å². The van der Waals surface area contributed by atoms with Gasteiger partial charge in [-0.05, 0) is 56.4 Å². The quantitative estimate of drug-likeness (QED) is 0.878. The van der Waals surface area contributed by atoms with E-state index in [2.05, 4.69) is 24.0 Å². The summed E-state index contributed by atoms with van der Waals surface area (Å²) in [5, 5.41) is 6.88. The zero-order valence-electron chi connectivity index (χ0n) is 15.3. The van der Waals surface area contributed by atoms with Gasteiger partial charge in [-0.1, -0.05) is 13.8 Å². The number of piperidine rings is 1. The number of rotatable bonds is 4. The van der Waals surface area contributed by atoms with Crippen molar-refractivity contribution in [1.29, 1.82) is 0 Å². The number of nitrogens with zero attached hydrogens (tertiary/aromatic N) is 2. The molecule has 3 rings (SSSR count). The number of nitrogens with one attached hydrogen (secondary N) is 1. The van der Waals surface area contributed by atoms with Crippen molar-refractivity contribution in [3.8, 4) is 0 Å². The normalized spacial score (nSPS) is 25.3. The van der Waals surface area contributed by atoms with Gasteiger partial charge in [0, 0.05) is 30.6 Å². The van der Waals surface area contributed by atoms with Gasteiger partial charge in [-0.3, -0.25) is 14.7 Å². The van der Waals surface area contributed by atoms with Crippen LogP contribution in [0.1, 0.15) is 74.5 Å². The Morgan fingerprint density at radius 1 is 1.16 bits per heavy atom. The van der Waals surface area contributed by atoms with Crippen molar-refractivity contribution in [3.63, 3.8) is 0 Å². The molecule has 1 aromatic heterocycles. The van der Waals surface area contributed by atoms with Gasteiger partial charge in [0.1, 0.15) is 5.69 Å². The van der Waals surface area contributed by atoms with Crippen LogP contribution in [0.25, 0.3) is 0 Å². The Morgan fingerprint density at radius 3 is 2.32 bits per heavy atom. The third-order valence-electron chi connectivity index (χ3n) is 6.16. The highest BCUT2D eigenvalue weighted by atomic mass is 16.2. The molecule has 2 aliphatic rings. The number of amides is 2. The number of carbonyl (C=O) groups is 2.